The zero-order chi connectivity index (χ0) is 11.7. The first kappa shape index (κ1) is 10.5. The largest absolute Gasteiger partial charge is 0.391 e. The van der Waals surface area contributed by atoms with Crippen LogP contribution < -0.4 is 5.32 Å². The van der Waals surface area contributed by atoms with Crippen molar-refractivity contribution in [3.05, 3.63) is 36.5 Å². The van der Waals surface area contributed by atoms with Crippen LogP contribution in [-0.2, 0) is 0 Å². The van der Waals surface area contributed by atoms with Crippen LogP contribution in [0.1, 0.15) is 19.3 Å². The van der Waals surface area contributed by atoms with Gasteiger partial charge in [0, 0.05) is 17.3 Å². The highest BCUT2D eigenvalue weighted by atomic mass is 16.3. The number of anilines is 1. The summed E-state index contributed by atoms with van der Waals surface area (Å²) in [4.78, 5) is 4.33. The van der Waals surface area contributed by atoms with Crippen LogP contribution in [0.5, 0.6) is 0 Å². The van der Waals surface area contributed by atoms with Crippen LogP contribution in [0.2, 0.25) is 0 Å². The standard InChI is InChI=1S/C14H16N2O/c17-14-7-3-6-13(14)16-12-8-9-15-11-5-2-1-4-10(11)12/h1-2,4-5,8-9,13-14,17H,3,6-7H2,(H,15,16)/t13-,14-/m0/s1. The zero-order valence-electron chi connectivity index (χ0n) is 9.63. The smallest absolute Gasteiger partial charge is 0.0741 e. The molecule has 1 aromatic heterocycles. The van der Waals surface area contributed by atoms with E-state index in [4.69, 9.17) is 0 Å². The molecule has 2 aromatic rings. The first-order valence-corrected chi connectivity index (χ1v) is 6.13. The zero-order valence-corrected chi connectivity index (χ0v) is 9.63. The number of aliphatic hydroxyl groups excluding tert-OH is 1. The predicted molar refractivity (Wildman–Crippen MR) is 69.0 cm³/mol. The Balaban J connectivity index is 1.94. The molecule has 0 saturated heterocycles. The summed E-state index contributed by atoms with van der Waals surface area (Å²) in [6.07, 6.45) is 4.63. The van der Waals surface area contributed by atoms with Gasteiger partial charge in [-0.2, -0.15) is 0 Å². The molecule has 88 valence electrons. The molecule has 0 aliphatic heterocycles. The van der Waals surface area contributed by atoms with Gasteiger partial charge in [-0.25, -0.2) is 0 Å². The van der Waals surface area contributed by atoms with E-state index in [1.165, 1.54) is 0 Å². The second-order valence-corrected chi connectivity index (χ2v) is 4.62. The monoisotopic (exact) mass is 228 g/mol. The number of nitrogens with one attached hydrogen (secondary N) is 1. The SMILES string of the molecule is O[C@H]1CCC[C@@H]1Nc1ccnc2ccccc12. The Morgan fingerprint density at radius 3 is 2.88 bits per heavy atom. The molecule has 1 saturated carbocycles. The number of fused-ring (bicyclic) bond motifs is 1. The number of pyridine rings is 1. The fraction of sp³-hybridized carbons (Fsp3) is 0.357. The van der Waals surface area contributed by atoms with E-state index in [9.17, 15) is 5.11 Å². The molecule has 1 aliphatic rings. The minimum absolute atomic E-state index is 0.181. The summed E-state index contributed by atoms with van der Waals surface area (Å²) < 4.78 is 0. The summed E-state index contributed by atoms with van der Waals surface area (Å²) in [6.45, 7) is 0. The Bertz CT molecular complexity index is 521. The number of benzene rings is 1. The molecule has 0 radical (unpaired) electrons. The van der Waals surface area contributed by atoms with Crippen LogP contribution in [0.4, 0.5) is 5.69 Å². The molecule has 3 heteroatoms. The van der Waals surface area contributed by atoms with Crippen molar-refractivity contribution in [1.29, 1.82) is 0 Å². The fourth-order valence-electron chi connectivity index (χ4n) is 2.53. The molecule has 17 heavy (non-hydrogen) atoms. The molecular weight excluding hydrogens is 212 g/mol. The third-order valence-electron chi connectivity index (χ3n) is 3.47. The quantitative estimate of drug-likeness (QED) is 0.830. The molecule has 3 nitrogen and oxygen atoms in total. The van der Waals surface area contributed by atoms with Gasteiger partial charge < -0.3 is 10.4 Å². The molecule has 1 heterocycles. The van der Waals surface area contributed by atoms with E-state index in [0.717, 1.165) is 35.9 Å². The van der Waals surface area contributed by atoms with E-state index < -0.39 is 0 Å². The minimum Gasteiger partial charge on any atom is -0.391 e. The van der Waals surface area contributed by atoms with Crippen molar-refractivity contribution in [1.82, 2.24) is 4.98 Å². The van der Waals surface area contributed by atoms with Crippen LogP contribution in [0.3, 0.4) is 0 Å². The predicted octanol–water partition coefficient (Wildman–Crippen LogP) is 2.56. The summed E-state index contributed by atoms with van der Waals surface area (Å²) in [6, 6.07) is 10.2. The molecule has 0 bridgehead atoms. The first-order chi connectivity index (χ1) is 8.34. The van der Waals surface area contributed by atoms with Crippen LogP contribution in [-0.4, -0.2) is 22.2 Å². The maximum atomic E-state index is 9.84. The highest BCUT2D eigenvalue weighted by Gasteiger charge is 2.25. The van der Waals surface area contributed by atoms with Crippen molar-refractivity contribution in [3.63, 3.8) is 0 Å². The summed E-state index contributed by atoms with van der Waals surface area (Å²) in [5.74, 6) is 0. The second-order valence-electron chi connectivity index (χ2n) is 4.62. The van der Waals surface area contributed by atoms with Crippen molar-refractivity contribution < 1.29 is 5.11 Å². The van der Waals surface area contributed by atoms with Crippen LogP contribution in [0.25, 0.3) is 10.9 Å². The molecule has 0 spiro atoms. The Kier molecular flexibility index (Phi) is 2.69. The minimum atomic E-state index is -0.220. The number of para-hydroxylation sites is 1. The molecule has 1 aromatic carbocycles. The Morgan fingerprint density at radius 2 is 2.06 bits per heavy atom. The van der Waals surface area contributed by atoms with E-state index >= 15 is 0 Å². The van der Waals surface area contributed by atoms with E-state index in [1.807, 2.05) is 30.5 Å². The number of rotatable bonds is 2. The Labute approximate surface area is 100 Å². The van der Waals surface area contributed by atoms with Crippen molar-refractivity contribution in [3.8, 4) is 0 Å². The summed E-state index contributed by atoms with van der Waals surface area (Å²) in [7, 11) is 0. The third kappa shape index (κ3) is 1.98. The molecular formula is C14H16N2O. The lowest BCUT2D eigenvalue weighted by Gasteiger charge is -2.18. The van der Waals surface area contributed by atoms with E-state index in [2.05, 4.69) is 16.4 Å². The lowest BCUT2D eigenvalue weighted by atomic mass is 10.1. The van der Waals surface area contributed by atoms with E-state index in [-0.39, 0.29) is 12.1 Å². The van der Waals surface area contributed by atoms with Gasteiger partial charge in [-0.15, -0.1) is 0 Å². The van der Waals surface area contributed by atoms with Gasteiger partial charge in [0.05, 0.1) is 17.7 Å². The van der Waals surface area contributed by atoms with Gasteiger partial charge in [-0.3, -0.25) is 4.98 Å². The molecule has 2 atom stereocenters. The number of aromatic nitrogens is 1. The summed E-state index contributed by atoms with van der Waals surface area (Å²) in [5, 5.41) is 14.4. The van der Waals surface area contributed by atoms with E-state index in [0.29, 0.717) is 0 Å². The number of nitrogens with zero attached hydrogens (tertiary/aromatic N) is 1. The maximum Gasteiger partial charge on any atom is 0.0741 e. The summed E-state index contributed by atoms with van der Waals surface area (Å²) in [5.41, 5.74) is 2.06. The second kappa shape index (κ2) is 4.34. The molecule has 0 amide bonds. The van der Waals surface area contributed by atoms with Gasteiger partial charge in [0.25, 0.3) is 0 Å². The van der Waals surface area contributed by atoms with Crippen molar-refractivity contribution >= 4 is 16.6 Å². The first-order valence-electron chi connectivity index (χ1n) is 6.13. The van der Waals surface area contributed by atoms with Crippen LogP contribution in [0.15, 0.2) is 36.5 Å². The molecule has 1 aliphatic carbocycles. The third-order valence-corrected chi connectivity index (χ3v) is 3.47. The van der Waals surface area contributed by atoms with Crippen molar-refractivity contribution in [2.75, 3.05) is 5.32 Å². The van der Waals surface area contributed by atoms with Gasteiger partial charge in [0.1, 0.15) is 0 Å². The highest BCUT2D eigenvalue weighted by Crippen LogP contribution is 2.26. The number of aliphatic hydroxyl groups is 1. The van der Waals surface area contributed by atoms with Crippen LogP contribution >= 0.6 is 0 Å². The van der Waals surface area contributed by atoms with Gasteiger partial charge in [-0.05, 0) is 31.4 Å². The lowest BCUT2D eigenvalue weighted by Crippen LogP contribution is -2.27. The fourth-order valence-corrected chi connectivity index (χ4v) is 2.53. The molecule has 1 fully saturated rings. The van der Waals surface area contributed by atoms with Crippen molar-refractivity contribution in [2.45, 2.75) is 31.4 Å². The van der Waals surface area contributed by atoms with Gasteiger partial charge >= 0.3 is 0 Å². The average molecular weight is 228 g/mol. The highest BCUT2D eigenvalue weighted by molar-refractivity contribution is 5.90. The normalized spacial score (nSPS) is 24.1. The van der Waals surface area contributed by atoms with Gasteiger partial charge in [0.2, 0.25) is 0 Å². The molecule has 2 N–H and O–H groups in total. The Morgan fingerprint density at radius 1 is 1.18 bits per heavy atom. The summed E-state index contributed by atoms with van der Waals surface area (Å²) >= 11 is 0. The van der Waals surface area contributed by atoms with Crippen LogP contribution in [0, 0.1) is 0 Å². The van der Waals surface area contributed by atoms with Gasteiger partial charge in [-0.1, -0.05) is 18.2 Å². The topological polar surface area (TPSA) is 45.1 Å². The molecule has 3 rings (SSSR count). The average Bonchev–Trinajstić information content (AvgIpc) is 2.76. The molecule has 0 unspecified atom stereocenters. The maximum absolute atomic E-state index is 9.84. The Hall–Kier alpha value is -1.61. The van der Waals surface area contributed by atoms with Gasteiger partial charge in [0.15, 0.2) is 0 Å². The lowest BCUT2D eigenvalue weighted by molar-refractivity contribution is 0.172. The van der Waals surface area contributed by atoms with Crippen molar-refractivity contribution in [2.24, 2.45) is 0 Å². The number of hydrogen-bond donors (Lipinski definition) is 2. The van der Waals surface area contributed by atoms with E-state index in [1.54, 1.807) is 0 Å². The number of hydrogen-bond acceptors (Lipinski definition) is 3.